The van der Waals surface area contributed by atoms with Crippen LogP contribution in [-0.2, 0) is 0 Å². The van der Waals surface area contributed by atoms with E-state index in [2.05, 4.69) is 120 Å². The molecule has 0 saturated heterocycles. The number of anilines is 4. The van der Waals surface area contributed by atoms with E-state index in [1.807, 2.05) is 20.9 Å². The summed E-state index contributed by atoms with van der Waals surface area (Å²) in [6.07, 6.45) is 1.25. The fourth-order valence-corrected chi connectivity index (χ4v) is 5.11. The van der Waals surface area contributed by atoms with Gasteiger partial charge in [-0.1, -0.05) is 57.2 Å². The van der Waals surface area contributed by atoms with Crippen LogP contribution in [0, 0.1) is 0 Å². The van der Waals surface area contributed by atoms with Gasteiger partial charge in [0.25, 0.3) is 0 Å². The predicted octanol–water partition coefficient (Wildman–Crippen LogP) is 7.28. The summed E-state index contributed by atoms with van der Waals surface area (Å²) >= 11 is 0. The van der Waals surface area contributed by atoms with E-state index >= 15 is 0 Å². The quantitative estimate of drug-likeness (QED) is 0.175. The molecular formula is C32H44N6. The number of nitrogens with one attached hydrogen (secondary N) is 5. The van der Waals surface area contributed by atoms with E-state index in [1.54, 1.807) is 0 Å². The highest BCUT2D eigenvalue weighted by Crippen LogP contribution is 2.36. The molecule has 202 valence electrons. The van der Waals surface area contributed by atoms with Gasteiger partial charge in [0, 0.05) is 31.4 Å². The minimum absolute atomic E-state index is 0.194. The minimum Gasteiger partial charge on any atom is -0.386 e. The van der Waals surface area contributed by atoms with Crippen LogP contribution in [0.2, 0.25) is 0 Å². The second kappa shape index (κ2) is 12.4. The van der Waals surface area contributed by atoms with E-state index in [1.165, 1.54) is 22.3 Å². The molecule has 3 unspecified atom stereocenters. The predicted molar refractivity (Wildman–Crippen MR) is 167 cm³/mol. The minimum atomic E-state index is 0.194. The van der Waals surface area contributed by atoms with Gasteiger partial charge >= 0.3 is 0 Å². The lowest BCUT2D eigenvalue weighted by Crippen LogP contribution is -2.48. The van der Waals surface area contributed by atoms with Gasteiger partial charge in [0.2, 0.25) is 0 Å². The second-order valence-electron chi connectivity index (χ2n) is 10.8. The van der Waals surface area contributed by atoms with Gasteiger partial charge in [0.1, 0.15) is 6.17 Å². The Labute approximate surface area is 228 Å². The van der Waals surface area contributed by atoms with Crippen molar-refractivity contribution in [3.8, 4) is 22.3 Å². The van der Waals surface area contributed by atoms with E-state index < -0.39 is 0 Å². The fourth-order valence-electron chi connectivity index (χ4n) is 5.11. The lowest BCUT2D eigenvalue weighted by Gasteiger charge is -2.26. The molecule has 0 radical (unpaired) electrons. The van der Waals surface area contributed by atoms with Crippen molar-refractivity contribution < 1.29 is 0 Å². The third-order valence-corrected chi connectivity index (χ3v) is 6.94. The van der Waals surface area contributed by atoms with Crippen LogP contribution in [0.3, 0.4) is 0 Å². The standard InChI is InChI=1S/C32H44N6/c1-8-27(36-21(4)5)32-37-29-16-14-26(18-31(29)38-32)24-11-9-23(10-12-24)25-13-15-28(33-7)30(17-25)34-19-22(6)35-20(2)3/h9-18,21-22,27,32-34,36-38H,8,19H2,1-7H3. The van der Waals surface area contributed by atoms with Gasteiger partial charge in [-0.15, -0.1) is 0 Å². The number of rotatable bonds is 11. The highest BCUT2D eigenvalue weighted by molar-refractivity contribution is 5.83. The SMILES string of the molecule is CCC(NC(C)C)C1Nc2ccc(-c3ccc(-c4ccc(NC)c(NCC(C)N=C(C)C)c4)cc3)cc2N1. The second-order valence-corrected chi connectivity index (χ2v) is 10.8. The summed E-state index contributed by atoms with van der Waals surface area (Å²) < 4.78 is 0. The highest BCUT2D eigenvalue weighted by Gasteiger charge is 2.27. The molecular weight excluding hydrogens is 468 g/mol. The molecule has 0 amide bonds. The maximum atomic E-state index is 4.64. The Hall–Kier alpha value is -3.51. The molecule has 5 N–H and O–H groups in total. The summed E-state index contributed by atoms with van der Waals surface area (Å²) in [6, 6.07) is 23.1. The molecule has 6 nitrogen and oxygen atoms in total. The zero-order chi connectivity index (χ0) is 27.2. The molecule has 3 atom stereocenters. The topological polar surface area (TPSA) is 72.5 Å². The normalized spacial score (nSPS) is 15.7. The van der Waals surface area contributed by atoms with Crippen LogP contribution in [0.5, 0.6) is 0 Å². The van der Waals surface area contributed by atoms with Gasteiger partial charge in [-0.05, 0) is 73.7 Å². The first-order chi connectivity index (χ1) is 18.3. The van der Waals surface area contributed by atoms with Gasteiger partial charge in [-0.25, -0.2) is 0 Å². The first kappa shape index (κ1) is 27.5. The Bertz CT molecular complexity index is 1240. The number of hydrogen-bond acceptors (Lipinski definition) is 6. The number of benzene rings is 3. The van der Waals surface area contributed by atoms with Crippen molar-refractivity contribution in [1.29, 1.82) is 0 Å². The Morgan fingerprint density at radius 2 is 1.42 bits per heavy atom. The molecule has 6 heteroatoms. The van der Waals surface area contributed by atoms with Crippen LogP contribution >= 0.6 is 0 Å². The summed E-state index contributed by atoms with van der Waals surface area (Å²) in [5.41, 5.74) is 10.4. The molecule has 38 heavy (non-hydrogen) atoms. The Balaban J connectivity index is 1.49. The van der Waals surface area contributed by atoms with Crippen molar-refractivity contribution in [3.63, 3.8) is 0 Å². The molecule has 1 heterocycles. The lowest BCUT2D eigenvalue weighted by molar-refractivity contribution is 0.425. The van der Waals surface area contributed by atoms with Crippen LogP contribution in [0.15, 0.2) is 65.7 Å². The average Bonchev–Trinajstić information content (AvgIpc) is 3.33. The Morgan fingerprint density at radius 1 is 0.816 bits per heavy atom. The molecule has 3 aromatic rings. The Kier molecular flexibility index (Phi) is 8.95. The average molecular weight is 513 g/mol. The van der Waals surface area contributed by atoms with E-state index in [9.17, 15) is 0 Å². The summed E-state index contributed by atoms with van der Waals surface area (Å²) in [6.45, 7) is 13.6. The first-order valence-electron chi connectivity index (χ1n) is 13.9. The van der Waals surface area contributed by atoms with Gasteiger partial charge in [-0.2, -0.15) is 0 Å². The number of aliphatic imine (C=N–C) groups is 1. The monoisotopic (exact) mass is 512 g/mol. The van der Waals surface area contributed by atoms with Crippen molar-refractivity contribution in [3.05, 3.63) is 60.7 Å². The van der Waals surface area contributed by atoms with E-state index in [0.717, 1.165) is 41.4 Å². The third kappa shape index (κ3) is 6.67. The van der Waals surface area contributed by atoms with Crippen LogP contribution in [-0.4, -0.2) is 43.6 Å². The van der Waals surface area contributed by atoms with Crippen LogP contribution in [0.4, 0.5) is 22.7 Å². The maximum Gasteiger partial charge on any atom is 0.112 e. The number of nitrogens with zero attached hydrogens (tertiary/aromatic N) is 1. The molecule has 3 aromatic carbocycles. The molecule has 1 aliphatic rings. The van der Waals surface area contributed by atoms with Crippen molar-refractivity contribution in [1.82, 2.24) is 5.32 Å². The van der Waals surface area contributed by atoms with Crippen molar-refractivity contribution in [2.45, 2.75) is 72.3 Å². The highest BCUT2D eigenvalue weighted by atomic mass is 15.2. The van der Waals surface area contributed by atoms with Gasteiger partial charge in [0.05, 0.1) is 28.8 Å². The Morgan fingerprint density at radius 3 is 2.03 bits per heavy atom. The van der Waals surface area contributed by atoms with E-state index in [-0.39, 0.29) is 12.2 Å². The van der Waals surface area contributed by atoms with Crippen molar-refractivity contribution in [2.24, 2.45) is 4.99 Å². The van der Waals surface area contributed by atoms with Crippen LogP contribution in [0.25, 0.3) is 22.3 Å². The zero-order valence-corrected chi connectivity index (χ0v) is 23.9. The first-order valence-corrected chi connectivity index (χ1v) is 13.9. The van der Waals surface area contributed by atoms with E-state index in [0.29, 0.717) is 12.1 Å². The molecule has 0 spiro atoms. The number of fused-ring (bicyclic) bond motifs is 1. The van der Waals surface area contributed by atoms with E-state index in [4.69, 9.17) is 0 Å². The third-order valence-electron chi connectivity index (χ3n) is 6.94. The summed E-state index contributed by atoms with van der Waals surface area (Å²) in [4.78, 5) is 4.64. The largest absolute Gasteiger partial charge is 0.386 e. The van der Waals surface area contributed by atoms with Gasteiger partial charge < -0.3 is 26.6 Å². The van der Waals surface area contributed by atoms with Crippen molar-refractivity contribution in [2.75, 3.05) is 34.9 Å². The fraction of sp³-hybridized carbons (Fsp3) is 0.406. The zero-order valence-electron chi connectivity index (χ0n) is 23.9. The molecule has 0 aliphatic carbocycles. The summed E-state index contributed by atoms with van der Waals surface area (Å²) in [7, 11) is 1.96. The summed E-state index contributed by atoms with van der Waals surface area (Å²) in [5.74, 6) is 0. The maximum absolute atomic E-state index is 4.64. The smallest absolute Gasteiger partial charge is 0.112 e. The summed E-state index contributed by atoms with van der Waals surface area (Å²) in [5, 5.41) is 17.9. The van der Waals surface area contributed by atoms with Gasteiger partial charge in [0.15, 0.2) is 0 Å². The molecule has 4 rings (SSSR count). The van der Waals surface area contributed by atoms with Crippen molar-refractivity contribution >= 4 is 28.5 Å². The van der Waals surface area contributed by atoms with Crippen LogP contribution in [0.1, 0.15) is 48.0 Å². The molecule has 1 aliphatic heterocycles. The molecule has 0 bridgehead atoms. The molecule has 0 saturated carbocycles. The lowest BCUT2D eigenvalue weighted by atomic mass is 9.99. The molecule has 0 aromatic heterocycles. The molecule has 0 fully saturated rings. The number of hydrogen-bond donors (Lipinski definition) is 5. The van der Waals surface area contributed by atoms with Gasteiger partial charge in [-0.3, -0.25) is 4.99 Å². The van der Waals surface area contributed by atoms with Crippen LogP contribution < -0.4 is 26.6 Å².